The molecule has 1 heterocycles. The van der Waals surface area contributed by atoms with Gasteiger partial charge in [-0.1, -0.05) is 12.1 Å². The molecule has 6 nitrogen and oxygen atoms in total. The number of hydrogen-bond donors (Lipinski definition) is 3. The van der Waals surface area contributed by atoms with Crippen LogP contribution >= 0.6 is 0 Å². The van der Waals surface area contributed by atoms with Gasteiger partial charge in [0.15, 0.2) is 11.6 Å². The lowest BCUT2D eigenvalue weighted by Gasteiger charge is -2.09. The van der Waals surface area contributed by atoms with Crippen LogP contribution < -0.4 is 11.1 Å². The van der Waals surface area contributed by atoms with Crippen LogP contribution in [-0.4, -0.2) is 41.4 Å². The maximum Gasteiger partial charge on any atom is 0.169 e. The first-order valence-electron chi connectivity index (χ1n) is 5.76. The molecule has 0 aliphatic heterocycles. The number of benzene rings is 1. The molecule has 0 saturated carbocycles. The number of nitrogens with one attached hydrogen (secondary N) is 1. The van der Waals surface area contributed by atoms with Crippen LogP contribution in [0.4, 0.5) is 11.6 Å². The number of fused-ring (bicyclic) bond motifs is 1. The topological polar surface area (TPSA) is 93.3 Å². The summed E-state index contributed by atoms with van der Waals surface area (Å²) in [6.07, 6.45) is 0. The van der Waals surface area contributed by atoms with E-state index in [9.17, 15) is 0 Å². The Hall–Kier alpha value is -1.92. The average molecular weight is 248 g/mol. The fraction of sp³-hybridized carbons (Fsp3) is 0.333. The van der Waals surface area contributed by atoms with Crippen LogP contribution in [-0.2, 0) is 4.74 Å². The number of rotatable bonds is 6. The fourth-order valence-corrected chi connectivity index (χ4v) is 1.55. The SMILES string of the molecule is Nc1nc2ccccc2nc1NCCOCCO. The number of nitrogen functional groups attached to an aromatic ring is 1. The molecule has 0 bridgehead atoms. The minimum atomic E-state index is 0.0257. The van der Waals surface area contributed by atoms with Crippen molar-refractivity contribution in [3.05, 3.63) is 24.3 Å². The van der Waals surface area contributed by atoms with Crippen LogP contribution in [0.15, 0.2) is 24.3 Å². The number of anilines is 2. The lowest BCUT2D eigenvalue weighted by molar-refractivity contribution is 0.0992. The third-order valence-electron chi connectivity index (χ3n) is 2.37. The van der Waals surface area contributed by atoms with Gasteiger partial charge in [-0.05, 0) is 12.1 Å². The predicted octanol–water partition coefficient (Wildman–Crippen LogP) is 0.633. The minimum Gasteiger partial charge on any atom is -0.394 e. The van der Waals surface area contributed by atoms with Crippen LogP contribution in [0.2, 0.25) is 0 Å². The molecule has 18 heavy (non-hydrogen) atoms. The largest absolute Gasteiger partial charge is 0.394 e. The summed E-state index contributed by atoms with van der Waals surface area (Å²) < 4.78 is 5.13. The Morgan fingerprint density at radius 1 is 1.17 bits per heavy atom. The second-order valence-corrected chi connectivity index (χ2v) is 3.71. The fourth-order valence-electron chi connectivity index (χ4n) is 1.55. The highest BCUT2D eigenvalue weighted by Crippen LogP contribution is 2.17. The summed E-state index contributed by atoms with van der Waals surface area (Å²) in [7, 11) is 0. The number of nitrogens with two attached hydrogens (primary N) is 1. The number of ether oxygens (including phenoxy) is 1. The highest BCUT2D eigenvalue weighted by molar-refractivity contribution is 5.79. The van der Waals surface area contributed by atoms with Gasteiger partial charge in [0, 0.05) is 6.54 Å². The van der Waals surface area contributed by atoms with Crippen LogP contribution in [0.5, 0.6) is 0 Å². The van der Waals surface area contributed by atoms with E-state index in [0.29, 0.717) is 31.4 Å². The predicted molar refractivity (Wildman–Crippen MR) is 70.3 cm³/mol. The Bertz CT molecular complexity index is 518. The molecule has 0 amide bonds. The summed E-state index contributed by atoms with van der Waals surface area (Å²) in [5.41, 5.74) is 7.38. The van der Waals surface area contributed by atoms with Crippen LogP contribution in [0.1, 0.15) is 0 Å². The maximum absolute atomic E-state index is 8.56. The van der Waals surface area contributed by atoms with Crippen molar-refractivity contribution in [3.8, 4) is 0 Å². The summed E-state index contributed by atoms with van der Waals surface area (Å²) in [6.45, 7) is 1.41. The molecule has 96 valence electrons. The number of aliphatic hydroxyl groups is 1. The average Bonchev–Trinajstić information content (AvgIpc) is 2.39. The lowest BCUT2D eigenvalue weighted by atomic mass is 10.3. The summed E-state index contributed by atoms with van der Waals surface area (Å²) in [5, 5.41) is 11.6. The zero-order chi connectivity index (χ0) is 12.8. The van der Waals surface area contributed by atoms with Gasteiger partial charge in [0.25, 0.3) is 0 Å². The quantitative estimate of drug-likeness (QED) is 0.649. The van der Waals surface area contributed by atoms with Crippen molar-refractivity contribution in [1.82, 2.24) is 9.97 Å². The van der Waals surface area contributed by atoms with Crippen molar-refractivity contribution in [2.24, 2.45) is 0 Å². The highest BCUT2D eigenvalue weighted by Gasteiger charge is 2.04. The zero-order valence-corrected chi connectivity index (χ0v) is 9.97. The number of hydrogen-bond acceptors (Lipinski definition) is 6. The Balaban J connectivity index is 2.01. The number of para-hydroxylation sites is 2. The third-order valence-corrected chi connectivity index (χ3v) is 2.37. The van der Waals surface area contributed by atoms with Gasteiger partial charge >= 0.3 is 0 Å². The molecule has 0 spiro atoms. The molecule has 0 aliphatic carbocycles. The standard InChI is InChI=1S/C12H16N4O2/c13-11-12(14-5-7-18-8-6-17)16-10-4-2-1-3-9(10)15-11/h1-4,17H,5-8H2,(H2,13,15)(H,14,16). The van der Waals surface area contributed by atoms with Crippen LogP contribution in [0, 0.1) is 0 Å². The van der Waals surface area contributed by atoms with Gasteiger partial charge in [0.2, 0.25) is 0 Å². The van der Waals surface area contributed by atoms with Crippen molar-refractivity contribution < 1.29 is 9.84 Å². The Morgan fingerprint density at radius 2 is 1.89 bits per heavy atom. The van der Waals surface area contributed by atoms with E-state index < -0.39 is 0 Å². The molecule has 2 rings (SSSR count). The van der Waals surface area contributed by atoms with Gasteiger partial charge in [-0.15, -0.1) is 0 Å². The van der Waals surface area contributed by atoms with E-state index in [1.54, 1.807) is 0 Å². The molecule has 0 saturated heterocycles. The summed E-state index contributed by atoms with van der Waals surface area (Å²) in [4.78, 5) is 8.65. The van der Waals surface area contributed by atoms with E-state index in [-0.39, 0.29) is 6.61 Å². The first kappa shape index (κ1) is 12.5. The number of aliphatic hydroxyl groups excluding tert-OH is 1. The normalized spacial score (nSPS) is 10.7. The summed E-state index contributed by atoms with van der Waals surface area (Å²) in [5.74, 6) is 0.928. The molecule has 0 fully saturated rings. The Morgan fingerprint density at radius 3 is 2.61 bits per heavy atom. The van der Waals surface area contributed by atoms with Crippen molar-refractivity contribution in [2.75, 3.05) is 37.4 Å². The van der Waals surface area contributed by atoms with Gasteiger partial charge < -0.3 is 20.9 Å². The second kappa shape index (κ2) is 6.13. The molecule has 0 unspecified atom stereocenters. The van der Waals surface area contributed by atoms with Gasteiger partial charge in [-0.3, -0.25) is 0 Å². The maximum atomic E-state index is 8.56. The van der Waals surface area contributed by atoms with Crippen molar-refractivity contribution in [1.29, 1.82) is 0 Å². The monoisotopic (exact) mass is 248 g/mol. The van der Waals surface area contributed by atoms with Gasteiger partial charge in [0.05, 0.1) is 30.9 Å². The van der Waals surface area contributed by atoms with Crippen molar-refractivity contribution in [2.45, 2.75) is 0 Å². The van der Waals surface area contributed by atoms with E-state index in [4.69, 9.17) is 15.6 Å². The molecular formula is C12H16N4O2. The van der Waals surface area contributed by atoms with E-state index in [1.165, 1.54) is 0 Å². The number of nitrogens with zero attached hydrogens (tertiary/aromatic N) is 2. The minimum absolute atomic E-state index is 0.0257. The van der Waals surface area contributed by atoms with E-state index in [1.807, 2.05) is 24.3 Å². The molecule has 1 aromatic heterocycles. The third kappa shape index (κ3) is 3.06. The molecule has 2 aromatic rings. The first-order valence-corrected chi connectivity index (χ1v) is 5.76. The summed E-state index contributed by atoms with van der Waals surface area (Å²) in [6, 6.07) is 7.55. The molecule has 6 heteroatoms. The van der Waals surface area contributed by atoms with E-state index in [0.717, 1.165) is 11.0 Å². The smallest absolute Gasteiger partial charge is 0.169 e. The van der Waals surface area contributed by atoms with Gasteiger partial charge in [0.1, 0.15) is 0 Å². The van der Waals surface area contributed by atoms with Crippen LogP contribution in [0.3, 0.4) is 0 Å². The summed E-state index contributed by atoms with van der Waals surface area (Å²) >= 11 is 0. The highest BCUT2D eigenvalue weighted by atomic mass is 16.5. The lowest BCUT2D eigenvalue weighted by Crippen LogP contribution is -2.13. The molecule has 0 atom stereocenters. The molecule has 4 N–H and O–H groups in total. The molecule has 1 aromatic carbocycles. The first-order chi connectivity index (χ1) is 8.81. The zero-order valence-electron chi connectivity index (χ0n) is 9.97. The van der Waals surface area contributed by atoms with Crippen LogP contribution in [0.25, 0.3) is 11.0 Å². The van der Waals surface area contributed by atoms with E-state index >= 15 is 0 Å². The van der Waals surface area contributed by atoms with Crippen molar-refractivity contribution >= 4 is 22.7 Å². The molecule has 0 radical (unpaired) electrons. The number of aromatic nitrogens is 2. The van der Waals surface area contributed by atoms with Gasteiger partial charge in [-0.2, -0.15) is 0 Å². The Labute approximate surface area is 105 Å². The van der Waals surface area contributed by atoms with E-state index in [2.05, 4.69) is 15.3 Å². The van der Waals surface area contributed by atoms with Gasteiger partial charge in [-0.25, -0.2) is 9.97 Å². The second-order valence-electron chi connectivity index (χ2n) is 3.71. The molecule has 0 aliphatic rings. The van der Waals surface area contributed by atoms with Crippen molar-refractivity contribution in [3.63, 3.8) is 0 Å². The Kier molecular flexibility index (Phi) is 4.27. The molecular weight excluding hydrogens is 232 g/mol.